The summed E-state index contributed by atoms with van der Waals surface area (Å²) in [5.74, 6) is 0.585. The van der Waals surface area contributed by atoms with Gasteiger partial charge in [0.05, 0.1) is 4.90 Å². The van der Waals surface area contributed by atoms with Crippen molar-refractivity contribution in [1.82, 2.24) is 10.2 Å². The molecule has 0 saturated heterocycles. The van der Waals surface area contributed by atoms with Crippen molar-refractivity contribution in [2.45, 2.75) is 47.3 Å². The van der Waals surface area contributed by atoms with Gasteiger partial charge in [-0.15, -0.1) is 10.2 Å². The molecular formula is C14H16N2O2S2. The highest BCUT2D eigenvalue weighted by atomic mass is 32.2. The van der Waals surface area contributed by atoms with Crippen molar-refractivity contribution in [3.8, 4) is 0 Å². The molecule has 20 heavy (non-hydrogen) atoms. The predicted octanol–water partition coefficient (Wildman–Crippen LogP) is 3.42. The van der Waals surface area contributed by atoms with Gasteiger partial charge in [0, 0.05) is 0 Å². The van der Waals surface area contributed by atoms with E-state index in [1.165, 1.54) is 43.2 Å². The van der Waals surface area contributed by atoms with Crippen LogP contribution in [-0.4, -0.2) is 18.6 Å². The Bertz CT molecular complexity index is 658. The first-order valence-corrected chi connectivity index (χ1v) is 9.15. The van der Waals surface area contributed by atoms with Crippen LogP contribution in [0, 0.1) is 0 Å². The largest absolute Gasteiger partial charge is 0.237 e. The minimum Gasteiger partial charge on any atom is -0.216 e. The molecule has 1 fully saturated rings. The first-order chi connectivity index (χ1) is 9.68. The van der Waals surface area contributed by atoms with Gasteiger partial charge < -0.3 is 0 Å². The van der Waals surface area contributed by atoms with E-state index in [1.807, 2.05) is 12.1 Å². The van der Waals surface area contributed by atoms with Gasteiger partial charge in [-0.2, -0.15) is 0 Å². The van der Waals surface area contributed by atoms with Gasteiger partial charge in [0.25, 0.3) is 0 Å². The van der Waals surface area contributed by atoms with Crippen molar-refractivity contribution in [1.29, 1.82) is 0 Å². The Labute approximate surface area is 122 Å². The summed E-state index contributed by atoms with van der Waals surface area (Å²) < 4.78 is 24.6. The number of hydrogen-bond acceptors (Lipinski definition) is 5. The lowest BCUT2D eigenvalue weighted by Crippen LogP contribution is -2.06. The van der Waals surface area contributed by atoms with E-state index in [0.717, 1.165) is 11.3 Å². The maximum atomic E-state index is 12.3. The Morgan fingerprint density at radius 2 is 1.75 bits per heavy atom. The number of benzene rings is 1. The van der Waals surface area contributed by atoms with E-state index >= 15 is 0 Å². The molecule has 1 aromatic carbocycles. The molecule has 4 nitrogen and oxygen atoms in total. The fourth-order valence-corrected chi connectivity index (χ4v) is 4.79. The van der Waals surface area contributed by atoms with Crippen LogP contribution in [0.1, 0.15) is 43.6 Å². The second kappa shape index (κ2) is 5.61. The molecule has 0 unspecified atom stereocenters. The zero-order chi connectivity index (χ0) is 14.0. The van der Waals surface area contributed by atoms with Crippen LogP contribution >= 0.6 is 11.3 Å². The number of nitrogens with zero attached hydrogens (tertiary/aromatic N) is 2. The Morgan fingerprint density at radius 1 is 1.05 bits per heavy atom. The van der Waals surface area contributed by atoms with E-state index in [4.69, 9.17) is 0 Å². The van der Waals surface area contributed by atoms with E-state index < -0.39 is 9.84 Å². The van der Waals surface area contributed by atoms with E-state index in [-0.39, 0.29) is 4.34 Å². The number of hydrogen-bond donors (Lipinski definition) is 0. The van der Waals surface area contributed by atoms with Gasteiger partial charge in [0.2, 0.25) is 14.2 Å². The Morgan fingerprint density at radius 3 is 2.35 bits per heavy atom. The third-order valence-corrected chi connectivity index (χ3v) is 6.70. The molecule has 1 aliphatic carbocycles. The summed E-state index contributed by atoms with van der Waals surface area (Å²) in [4.78, 5) is 0.300. The van der Waals surface area contributed by atoms with Gasteiger partial charge in [-0.3, -0.25) is 0 Å². The van der Waals surface area contributed by atoms with Crippen LogP contribution in [0.15, 0.2) is 39.0 Å². The molecule has 0 radical (unpaired) electrons. The standard InChI is InChI=1S/C14H16N2O2S2/c17-20(18,14-16-15-10-19-14)13-8-6-12(7-9-13)11-4-2-1-3-5-11/h6-11H,1-5H2. The molecule has 3 rings (SSSR count). The third kappa shape index (κ3) is 2.62. The Hall–Kier alpha value is -1.27. The van der Waals surface area contributed by atoms with Crippen molar-refractivity contribution < 1.29 is 8.42 Å². The second-order valence-electron chi connectivity index (χ2n) is 5.11. The van der Waals surface area contributed by atoms with Crippen LogP contribution in [0.4, 0.5) is 0 Å². The van der Waals surface area contributed by atoms with Crippen LogP contribution in [0.25, 0.3) is 0 Å². The minimum absolute atomic E-state index is 0.0583. The van der Waals surface area contributed by atoms with Gasteiger partial charge >= 0.3 is 0 Å². The summed E-state index contributed by atoms with van der Waals surface area (Å²) in [6, 6.07) is 7.29. The normalized spacial score (nSPS) is 17.2. The van der Waals surface area contributed by atoms with Gasteiger partial charge in [0.15, 0.2) is 0 Å². The average Bonchev–Trinajstić information content (AvgIpc) is 3.03. The topological polar surface area (TPSA) is 59.9 Å². The smallest absolute Gasteiger partial charge is 0.216 e. The lowest BCUT2D eigenvalue weighted by atomic mass is 9.84. The highest BCUT2D eigenvalue weighted by molar-refractivity contribution is 7.93. The SMILES string of the molecule is O=S(=O)(c1ccc(C2CCCCC2)cc1)c1nncs1. The molecule has 0 bridgehead atoms. The number of aromatic nitrogens is 2. The maximum absolute atomic E-state index is 12.3. The predicted molar refractivity (Wildman–Crippen MR) is 77.6 cm³/mol. The molecule has 0 spiro atoms. The first-order valence-electron chi connectivity index (χ1n) is 6.79. The molecular weight excluding hydrogens is 292 g/mol. The molecule has 0 aliphatic heterocycles. The summed E-state index contributed by atoms with van der Waals surface area (Å²) in [6.45, 7) is 0. The molecule has 0 amide bonds. The van der Waals surface area contributed by atoms with Crippen molar-refractivity contribution in [3.05, 3.63) is 35.3 Å². The third-order valence-electron chi connectivity index (χ3n) is 3.84. The zero-order valence-electron chi connectivity index (χ0n) is 11.0. The molecule has 1 aliphatic rings. The van der Waals surface area contributed by atoms with Crippen LogP contribution in [-0.2, 0) is 9.84 Å². The van der Waals surface area contributed by atoms with E-state index in [2.05, 4.69) is 10.2 Å². The molecule has 0 N–H and O–H groups in total. The van der Waals surface area contributed by atoms with E-state index in [1.54, 1.807) is 12.1 Å². The van der Waals surface area contributed by atoms with Gasteiger partial charge in [-0.1, -0.05) is 42.7 Å². The minimum atomic E-state index is -3.50. The first kappa shape index (κ1) is 13.7. The van der Waals surface area contributed by atoms with Gasteiger partial charge in [-0.25, -0.2) is 8.42 Å². The molecule has 106 valence electrons. The zero-order valence-corrected chi connectivity index (χ0v) is 12.7. The Balaban J connectivity index is 1.86. The summed E-state index contributed by atoms with van der Waals surface area (Å²) >= 11 is 1.05. The summed E-state index contributed by atoms with van der Waals surface area (Å²) in [6.07, 6.45) is 6.29. The summed E-state index contributed by atoms with van der Waals surface area (Å²) in [7, 11) is -3.50. The van der Waals surface area contributed by atoms with E-state index in [0.29, 0.717) is 10.8 Å². The fourth-order valence-electron chi connectivity index (χ4n) is 2.74. The summed E-state index contributed by atoms with van der Waals surface area (Å²) in [5.41, 5.74) is 2.68. The van der Waals surface area contributed by atoms with Gasteiger partial charge in [0.1, 0.15) is 5.51 Å². The molecule has 1 heterocycles. The van der Waals surface area contributed by atoms with Crippen molar-refractivity contribution in [3.63, 3.8) is 0 Å². The number of sulfone groups is 1. The molecule has 1 saturated carbocycles. The number of rotatable bonds is 3. The van der Waals surface area contributed by atoms with Crippen LogP contribution < -0.4 is 0 Å². The van der Waals surface area contributed by atoms with E-state index in [9.17, 15) is 8.42 Å². The van der Waals surface area contributed by atoms with Crippen molar-refractivity contribution >= 4 is 21.2 Å². The lowest BCUT2D eigenvalue weighted by molar-refractivity contribution is 0.443. The molecule has 2 aromatic rings. The quantitative estimate of drug-likeness (QED) is 0.871. The highest BCUT2D eigenvalue weighted by Gasteiger charge is 2.22. The monoisotopic (exact) mass is 308 g/mol. The van der Waals surface area contributed by atoms with Gasteiger partial charge in [-0.05, 0) is 36.5 Å². The van der Waals surface area contributed by atoms with Crippen LogP contribution in [0.3, 0.4) is 0 Å². The summed E-state index contributed by atoms with van der Waals surface area (Å²) in [5, 5.41) is 7.25. The van der Waals surface area contributed by atoms with Crippen molar-refractivity contribution in [2.24, 2.45) is 0 Å². The maximum Gasteiger partial charge on any atom is 0.237 e. The van der Waals surface area contributed by atoms with Crippen molar-refractivity contribution in [2.75, 3.05) is 0 Å². The average molecular weight is 308 g/mol. The Kier molecular flexibility index (Phi) is 3.85. The molecule has 1 aromatic heterocycles. The van der Waals surface area contributed by atoms with Crippen LogP contribution in [0.2, 0.25) is 0 Å². The highest BCUT2D eigenvalue weighted by Crippen LogP contribution is 2.33. The van der Waals surface area contributed by atoms with Crippen LogP contribution in [0.5, 0.6) is 0 Å². The second-order valence-corrected chi connectivity index (χ2v) is 8.07. The molecule has 6 heteroatoms. The molecule has 0 atom stereocenters. The lowest BCUT2D eigenvalue weighted by Gasteiger charge is -2.21. The fraction of sp³-hybridized carbons (Fsp3) is 0.429.